The first-order valence-electron chi connectivity index (χ1n) is 13.7. The van der Waals surface area contributed by atoms with Crippen molar-refractivity contribution in [2.75, 3.05) is 13.7 Å². The second-order valence-corrected chi connectivity index (χ2v) is 12.7. The van der Waals surface area contributed by atoms with Crippen LogP contribution in [0.2, 0.25) is 5.02 Å². The average molecular weight is 622 g/mol. The van der Waals surface area contributed by atoms with Crippen molar-refractivity contribution in [3.8, 4) is 16.9 Å². The highest BCUT2D eigenvalue weighted by molar-refractivity contribution is 7.98. The number of aromatic amines is 1. The highest BCUT2D eigenvalue weighted by Gasteiger charge is 2.25. The van der Waals surface area contributed by atoms with E-state index in [-0.39, 0.29) is 0 Å². The Hall–Kier alpha value is -3.34. The maximum atomic E-state index is 12.9. The summed E-state index contributed by atoms with van der Waals surface area (Å²) in [7, 11) is 5.35. The first kappa shape index (κ1) is 28.8. The van der Waals surface area contributed by atoms with Crippen molar-refractivity contribution >= 4 is 52.0 Å². The molecule has 0 amide bonds. The molecular formula is C31H32ClN5O3S2. The molecule has 0 fully saturated rings. The number of esters is 1. The number of fused-ring (bicyclic) bond motifs is 6. The van der Waals surface area contributed by atoms with Gasteiger partial charge in [-0.2, -0.15) is 10.2 Å². The molecule has 6 rings (SSSR count). The molecular weight excluding hydrogens is 590 g/mol. The number of ether oxygens (including phenoxy) is 2. The Morgan fingerprint density at radius 3 is 2.76 bits per heavy atom. The van der Waals surface area contributed by atoms with E-state index in [4.69, 9.17) is 31.3 Å². The van der Waals surface area contributed by atoms with Gasteiger partial charge in [0, 0.05) is 64.2 Å². The van der Waals surface area contributed by atoms with Crippen molar-refractivity contribution in [2.24, 2.45) is 14.1 Å². The zero-order valence-corrected chi connectivity index (χ0v) is 26.4. The van der Waals surface area contributed by atoms with Gasteiger partial charge in [0.1, 0.15) is 11.4 Å². The summed E-state index contributed by atoms with van der Waals surface area (Å²) in [5, 5.41) is 11.2. The van der Waals surface area contributed by atoms with Crippen LogP contribution in [0, 0.1) is 6.92 Å². The molecule has 5 aromatic rings. The molecule has 11 heteroatoms. The SMILES string of the molecule is COC(=O)c1[nH]c2c3c(Cl)ccc2c1CCCOc1cccc(c1)SCc1cc(nn1C)CSCc1nn(C)c(C)c1-3. The highest BCUT2D eigenvalue weighted by atomic mass is 35.5. The van der Waals surface area contributed by atoms with E-state index < -0.39 is 5.97 Å². The molecule has 0 radical (unpaired) electrons. The lowest BCUT2D eigenvalue weighted by Gasteiger charge is -2.10. The minimum Gasteiger partial charge on any atom is -0.494 e. The molecule has 1 aliphatic heterocycles. The minimum absolute atomic E-state index is 0.406. The van der Waals surface area contributed by atoms with Crippen LogP contribution >= 0.6 is 35.1 Å². The Labute approximate surface area is 258 Å². The second kappa shape index (κ2) is 12.1. The topological polar surface area (TPSA) is 87.0 Å². The Balaban J connectivity index is 1.45. The first-order valence-corrected chi connectivity index (χ1v) is 16.2. The molecule has 42 heavy (non-hydrogen) atoms. The number of H-pyrrole nitrogens is 1. The van der Waals surface area contributed by atoms with Crippen LogP contribution in [0.25, 0.3) is 22.0 Å². The average Bonchev–Trinajstić information content (AvgIpc) is 3.62. The van der Waals surface area contributed by atoms with E-state index in [1.54, 1.807) is 23.5 Å². The molecule has 0 atom stereocenters. The maximum absolute atomic E-state index is 12.9. The van der Waals surface area contributed by atoms with Crippen LogP contribution in [0.15, 0.2) is 47.4 Å². The lowest BCUT2D eigenvalue weighted by molar-refractivity contribution is 0.0593. The molecule has 0 saturated carbocycles. The normalized spacial score (nSPS) is 14.3. The molecule has 0 unspecified atom stereocenters. The second-order valence-electron chi connectivity index (χ2n) is 10.3. The summed E-state index contributed by atoms with van der Waals surface area (Å²) in [4.78, 5) is 17.5. The van der Waals surface area contributed by atoms with E-state index in [1.807, 2.05) is 54.6 Å². The highest BCUT2D eigenvalue weighted by Crippen LogP contribution is 2.41. The van der Waals surface area contributed by atoms with E-state index in [1.165, 1.54) is 12.8 Å². The van der Waals surface area contributed by atoms with Crippen LogP contribution < -0.4 is 4.74 Å². The van der Waals surface area contributed by atoms with Gasteiger partial charge in [-0.15, -0.1) is 23.5 Å². The van der Waals surface area contributed by atoms with Crippen LogP contribution in [0.4, 0.5) is 0 Å². The molecule has 0 saturated heterocycles. The molecule has 0 spiro atoms. The first-order chi connectivity index (χ1) is 20.3. The number of hydrogen-bond donors (Lipinski definition) is 1. The summed E-state index contributed by atoms with van der Waals surface area (Å²) in [6, 6.07) is 14.2. The minimum atomic E-state index is -0.406. The van der Waals surface area contributed by atoms with Crippen molar-refractivity contribution in [1.29, 1.82) is 0 Å². The lowest BCUT2D eigenvalue weighted by atomic mass is 9.98. The van der Waals surface area contributed by atoms with Crippen molar-refractivity contribution in [2.45, 2.75) is 41.9 Å². The van der Waals surface area contributed by atoms with Crippen LogP contribution in [-0.2, 0) is 42.5 Å². The number of carbonyl (C=O) groups excluding carboxylic acids is 1. The van der Waals surface area contributed by atoms with Gasteiger partial charge in [-0.1, -0.05) is 23.7 Å². The summed E-state index contributed by atoms with van der Waals surface area (Å²) in [5.41, 5.74) is 8.13. The smallest absolute Gasteiger partial charge is 0.354 e. The fourth-order valence-corrected chi connectivity index (χ4v) is 7.52. The number of aryl methyl sites for hydroxylation is 3. The third-order valence-corrected chi connectivity index (χ3v) is 9.95. The van der Waals surface area contributed by atoms with Crippen LogP contribution in [0.3, 0.4) is 0 Å². The Morgan fingerprint density at radius 2 is 1.93 bits per heavy atom. The number of methoxy groups -OCH3 is 1. The maximum Gasteiger partial charge on any atom is 0.354 e. The molecule has 3 aromatic heterocycles. The van der Waals surface area contributed by atoms with E-state index in [9.17, 15) is 4.79 Å². The number of rotatable bonds is 1. The fourth-order valence-electron chi connectivity index (χ4n) is 5.46. The van der Waals surface area contributed by atoms with E-state index in [0.29, 0.717) is 29.5 Å². The van der Waals surface area contributed by atoms with Gasteiger partial charge in [0.2, 0.25) is 0 Å². The zero-order chi connectivity index (χ0) is 29.4. The Bertz CT molecular complexity index is 1790. The molecule has 1 aliphatic rings. The van der Waals surface area contributed by atoms with Crippen LogP contribution in [0.1, 0.15) is 45.2 Å². The number of hydrogen-bond acceptors (Lipinski definition) is 7. The molecule has 218 valence electrons. The summed E-state index contributed by atoms with van der Waals surface area (Å²) < 4.78 is 15.2. The van der Waals surface area contributed by atoms with Crippen molar-refractivity contribution < 1.29 is 14.3 Å². The van der Waals surface area contributed by atoms with Crippen molar-refractivity contribution in [3.63, 3.8) is 0 Å². The third-order valence-electron chi connectivity index (χ3n) is 7.63. The number of benzene rings is 2. The monoisotopic (exact) mass is 621 g/mol. The molecule has 2 aromatic carbocycles. The Kier molecular flexibility index (Phi) is 8.29. The van der Waals surface area contributed by atoms with Crippen LogP contribution in [-0.4, -0.2) is 44.2 Å². The number of carbonyl (C=O) groups is 1. The van der Waals surface area contributed by atoms with E-state index in [0.717, 1.165) is 73.2 Å². The van der Waals surface area contributed by atoms with Gasteiger partial charge in [-0.05, 0) is 55.7 Å². The molecule has 4 heterocycles. The van der Waals surface area contributed by atoms with Gasteiger partial charge < -0.3 is 14.5 Å². The molecule has 0 aliphatic carbocycles. The third kappa shape index (κ3) is 5.55. The van der Waals surface area contributed by atoms with Gasteiger partial charge in [0.15, 0.2) is 0 Å². The zero-order valence-electron chi connectivity index (χ0n) is 24.0. The summed E-state index contributed by atoms with van der Waals surface area (Å²) >= 11 is 10.5. The molecule has 8 bridgehead atoms. The summed E-state index contributed by atoms with van der Waals surface area (Å²) in [5.74, 6) is 2.68. The molecule has 8 nitrogen and oxygen atoms in total. The van der Waals surface area contributed by atoms with Gasteiger partial charge in [-0.3, -0.25) is 9.36 Å². The van der Waals surface area contributed by atoms with Gasteiger partial charge in [0.05, 0.1) is 35.6 Å². The predicted octanol–water partition coefficient (Wildman–Crippen LogP) is 7.10. The largest absolute Gasteiger partial charge is 0.494 e. The number of aromatic nitrogens is 5. The van der Waals surface area contributed by atoms with Gasteiger partial charge >= 0.3 is 5.97 Å². The summed E-state index contributed by atoms with van der Waals surface area (Å²) in [6.45, 7) is 2.56. The lowest BCUT2D eigenvalue weighted by Crippen LogP contribution is -2.06. The van der Waals surface area contributed by atoms with Gasteiger partial charge in [-0.25, -0.2) is 4.79 Å². The van der Waals surface area contributed by atoms with Crippen LogP contribution in [0.5, 0.6) is 5.75 Å². The number of nitrogens with zero attached hydrogens (tertiary/aromatic N) is 4. The standard InChI is InChI=1S/C31H32ClN5O3S2/c1-18-27-26(35-36(18)2)17-41-15-19-13-20(37(3)34-19)16-42-22-8-5-7-21(14-22)40-12-6-9-23-24-10-11-25(32)28(27)29(24)33-30(23)31(38)39-4/h5,7-8,10-11,13-14,33H,6,9,12,15-17H2,1-4H3. The quantitative estimate of drug-likeness (QED) is 0.200. The molecule has 1 N–H and O–H groups in total. The van der Waals surface area contributed by atoms with Crippen molar-refractivity contribution in [3.05, 3.63) is 81.5 Å². The predicted molar refractivity (Wildman–Crippen MR) is 170 cm³/mol. The van der Waals surface area contributed by atoms with Crippen molar-refractivity contribution in [1.82, 2.24) is 24.5 Å². The number of thioether (sulfide) groups is 2. The van der Waals surface area contributed by atoms with E-state index in [2.05, 4.69) is 23.2 Å². The van der Waals surface area contributed by atoms with Gasteiger partial charge in [0.25, 0.3) is 0 Å². The number of halogens is 1. The Morgan fingerprint density at radius 1 is 1.07 bits per heavy atom. The summed E-state index contributed by atoms with van der Waals surface area (Å²) in [6.07, 6.45) is 1.36. The van der Waals surface area contributed by atoms with E-state index >= 15 is 0 Å². The fraction of sp³-hybridized carbons (Fsp3) is 0.323. The number of nitrogens with one attached hydrogen (secondary N) is 1.